The molecule has 2 aliphatic carbocycles. The Balaban J connectivity index is 2.06. The second-order valence-electron chi connectivity index (χ2n) is 7.02. The molecular weight excluding hydrogens is 310 g/mol. The number of thiocarbonyl (C=S) groups is 1. The van der Waals surface area contributed by atoms with Crippen LogP contribution in [0.25, 0.3) is 0 Å². The van der Waals surface area contributed by atoms with Crippen molar-refractivity contribution >= 4 is 29.1 Å². The summed E-state index contributed by atoms with van der Waals surface area (Å²) in [6.07, 6.45) is 5.70. The third-order valence-corrected chi connectivity index (χ3v) is 6.09. The summed E-state index contributed by atoms with van der Waals surface area (Å²) in [4.78, 5) is 31.6. The second-order valence-corrected chi connectivity index (χ2v) is 7.38. The highest BCUT2D eigenvalue weighted by Crippen LogP contribution is 2.75. The van der Waals surface area contributed by atoms with Gasteiger partial charge in [0.05, 0.1) is 0 Å². The van der Waals surface area contributed by atoms with Crippen molar-refractivity contribution in [2.75, 3.05) is 27.2 Å². The number of hydrogen-bond acceptors (Lipinski definition) is 4. The molecule has 0 aromatic rings. The predicted octanol–water partition coefficient (Wildman–Crippen LogP) is 1.99. The largest absolute Gasteiger partial charge is 0.384 e. The fourth-order valence-corrected chi connectivity index (χ4v) is 4.99. The number of amides is 2. The van der Waals surface area contributed by atoms with Gasteiger partial charge >= 0.3 is 0 Å². The molecule has 0 bridgehead atoms. The van der Waals surface area contributed by atoms with Gasteiger partial charge in [-0.1, -0.05) is 0 Å². The van der Waals surface area contributed by atoms with E-state index >= 15 is 0 Å². The van der Waals surface area contributed by atoms with Gasteiger partial charge in [0, 0.05) is 32.6 Å². The summed E-state index contributed by atoms with van der Waals surface area (Å²) in [5, 5.41) is 0.369. The molecule has 126 valence electrons. The van der Waals surface area contributed by atoms with E-state index in [0.29, 0.717) is 24.6 Å². The summed E-state index contributed by atoms with van der Waals surface area (Å²) in [5.74, 6) is -0.155. The van der Waals surface area contributed by atoms with Crippen LogP contribution in [0.5, 0.6) is 0 Å². The van der Waals surface area contributed by atoms with E-state index < -0.39 is 5.41 Å². The highest BCUT2D eigenvalue weighted by molar-refractivity contribution is 7.80. The molecule has 5 nitrogen and oxygen atoms in total. The number of nitrogens with zero attached hydrogens (tertiary/aromatic N) is 3. The molecule has 1 unspecified atom stereocenters. The van der Waals surface area contributed by atoms with E-state index in [1.54, 1.807) is 9.80 Å². The van der Waals surface area contributed by atoms with Gasteiger partial charge in [-0.2, -0.15) is 0 Å². The molecular formula is C17H25N3O2S. The summed E-state index contributed by atoms with van der Waals surface area (Å²) in [6.45, 7) is 4.88. The molecule has 2 saturated carbocycles. The minimum atomic E-state index is -0.903. The Morgan fingerprint density at radius 2 is 1.74 bits per heavy atom. The highest BCUT2D eigenvalue weighted by atomic mass is 32.1. The van der Waals surface area contributed by atoms with Gasteiger partial charge in [0.15, 0.2) is 5.11 Å². The molecule has 3 fully saturated rings. The maximum Gasteiger partial charge on any atom is 0.245 e. The van der Waals surface area contributed by atoms with Gasteiger partial charge in [-0.05, 0) is 63.5 Å². The minimum absolute atomic E-state index is 0.0775. The van der Waals surface area contributed by atoms with E-state index in [1.165, 1.54) is 5.57 Å². The van der Waals surface area contributed by atoms with Crippen LogP contribution in [0.2, 0.25) is 0 Å². The smallest absolute Gasteiger partial charge is 0.245 e. The first kappa shape index (κ1) is 16.4. The van der Waals surface area contributed by atoms with Crippen molar-refractivity contribution < 1.29 is 9.59 Å². The van der Waals surface area contributed by atoms with Crippen molar-refractivity contribution in [3.63, 3.8) is 0 Å². The molecule has 23 heavy (non-hydrogen) atoms. The van der Waals surface area contributed by atoms with Crippen molar-refractivity contribution in [1.29, 1.82) is 0 Å². The molecule has 0 aromatic carbocycles. The monoisotopic (exact) mass is 335 g/mol. The lowest BCUT2D eigenvalue weighted by molar-refractivity contribution is -0.150. The first-order valence-electron chi connectivity index (χ1n) is 8.41. The Morgan fingerprint density at radius 1 is 1.17 bits per heavy atom. The van der Waals surface area contributed by atoms with Gasteiger partial charge in [-0.25, -0.2) is 0 Å². The molecule has 6 heteroatoms. The number of carbonyl (C=O) groups excluding carboxylic acids is 2. The van der Waals surface area contributed by atoms with Crippen LogP contribution < -0.4 is 0 Å². The topological polar surface area (TPSA) is 43.9 Å². The summed E-state index contributed by atoms with van der Waals surface area (Å²) >= 11 is 5.38. The third kappa shape index (κ3) is 1.93. The Kier molecular flexibility index (Phi) is 3.78. The van der Waals surface area contributed by atoms with Crippen LogP contribution >= 0.6 is 12.2 Å². The standard InChI is InChI=1S/C17H25N3O2S/c1-5-19-13(21)17(14(22)20(6-2)15(19)23)11-16(17)9-7-8-12(16)10-18(3)4/h10H,5-9,11H2,1-4H3/b12-10+. The van der Waals surface area contributed by atoms with Crippen LogP contribution in [-0.2, 0) is 9.59 Å². The lowest BCUT2D eigenvalue weighted by atomic mass is 9.84. The van der Waals surface area contributed by atoms with E-state index in [4.69, 9.17) is 12.2 Å². The molecule has 0 radical (unpaired) electrons. The zero-order chi connectivity index (χ0) is 17.0. The summed E-state index contributed by atoms with van der Waals surface area (Å²) in [5.41, 5.74) is 0.0752. The van der Waals surface area contributed by atoms with E-state index in [9.17, 15) is 9.59 Å². The van der Waals surface area contributed by atoms with Crippen LogP contribution in [0.3, 0.4) is 0 Å². The van der Waals surface area contributed by atoms with Gasteiger partial charge in [-0.15, -0.1) is 0 Å². The van der Waals surface area contributed by atoms with Gasteiger partial charge in [0.2, 0.25) is 11.8 Å². The van der Waals surface area contributed by atoms with Crippen LogP contribution in [0.15, 0.2) is 11.8 Å². The highest BCUT2D eigenvalue weighted by Gasteiger charge is 2.80. The first-order chi connectivity index (χ1) is 10.9. The lowest BCUT2D eigenvalue weighted by Crippen LogP contribution is -2.61. The maximum absolute atomic E-state index is 13.2. The third-order valence-electron chi connectivity index (χ3n) is 5.65. The Bertz CT molecular complexity index is 587. The van der Waals surface area contributed by atoms with E-state index in [1.807, 2.05) is 32.8 Å². The fraction of sp³-hybridized carbons (Fsp3) is 0.706. The van der Waals surface area contributed by atoms with Crippen LogP contribution in [0, 0.1) is 10.8 Å². The number of rotatable bonds is 3. The molecule has 0 aromatic heterocycles. The van der Waals surface area contributed by atoms with Crippen molar-refractivity contribution in [2.24, 2.45) is 10.8 Å². The molecule has 1 saturated heterocycles. The SMILES string of the molecule is CCN1C(=O)C2(CC23CCC/C3=C\N(C)C)C(=O)N(CC)C1=S. The Labute approximate surface area is 143 Å². The van der Waals surface area contributed by atoms with E-state index in [2.05, 4.69) is 6.20 Å². The van der Waals surface area contributed by atoms with E-state index in [0.717, 1.165) is 19.3 Å². The second kappa shape index (κ2) is 5.30. The normalized spacial score (nSPS) is 31.0. The zero-order valence-electron chi connectivity index (χ0n) is 14.4. The average molecular weight is 335 g/mol. The first-order valence-corrected chi connectivity index (χ1v) is 8.82. The minimum Gasteiger partial charge on any atom is -0.384 e. The summed E-state index contributed by atoms with van der Waals surface area (Å²) in [6, 6.07) is 0. The van der Waals surface area contributed by atoms with Crippen LogP contribution in [0.4, 0.5) is 0 Å². The molecule has 2 spiro atoms. The number of allylic oxidation sites excluding steroid dienone is 1. The van der Waals surface area contributed by atoms with Gasteiger partial charge < -0.3 is 4.90 Å². The van der Waals surface area contributed by atoms with Crippen LogP contribution in [-0.4, -0.2) is 58.8 Å². The molecule has 2 amide bonds. The Morgan fingerprint density at radius 3 is 2.22 bits per heavy atom. The molecule has 1 heterocycles. The average Bonchev–Trinajstić information content (AvgIpc) is 3.01. The maximum atomic E-state index is 13.2. The van der Waals surface area contributed by atoms with Crippen molar-refractivity contribution in [1.82, 2.24) is 14.7 Å². The van der Waals surface area contributed by atoms with Crippen LogP contribution in [0.1, 0.15) is 39.5 Å². The number of hydrogen-bond donors (Lipinski definition) is 0. The Hall–Kier alpha value is -1.43. The summed E-state index contributed by atoms with van der Waals surface area (Å²) in [7, 11) is 3.98. The summed E-state index contributed by atoms with van der Waals surface area (Å²) < 4.78 is 0. The molecule has 1 atom stereocenters. The van der Waals surface area contributed by atoms with Gasteiger partial charge in [0.25, 0.3) is 0 Å². The lowest BCUT2D eigenvalue weighted by Gasteiger charge is -2.40. The van der Waals surface area contributed by atoms with E-state index in [-0.39, 0.29) is 17.2 Å². The quantitative estimate of drug-likeness (QED) is 0.584. The fourth-order valence-electron chi connectivity index (χ4n) is 4.57. The molecule has 3 rings (SSSR count). The molecule has 3 aliphatic rings. The number of fused-ring (bicyclic) bond motifs is 1. The zero-order valence-corrected chi connectivity index (χ0v) is 15.2. The molecule has 1 aliphatic heterocycles. The van der Waals surface area contributed by atoms with Crippen molar-refractivity contribution in [3.05, 3.63) is 11.8 Å². The van der Waals surface area contributed by atoms with Gasteiger partial charge in [-0.3, -0.25) is 19.4 Å². The predicted molar refractivity (Wildman–Crippen MR) is 92.5 cm³/mol. The molecule has 0 N–H and O–H groups in total. The number of carbonyl (C=O) groups is 2. The van der Waals surface area contributed by atoms with Gasteiger partial charge in [0.1, 0.15) is 5.41 Å². The van der Waals surface area contributed by atoms with Crippen molar-refractivity contribution in [3.8, 4) is 0 Å². The van der Waals surface area contributed by atoms with Crippen molar-refractivity contribution in [2.45, 2.75) is 39.5 Å².